The number of aromatic nitrogens is 1. The van der Waals surface area contributed by atoms with Crippen LogP contribution in [0.25, 0.3) is 0 Å². The SMILES string of the molecule is Cc1ccc2n1CCN(C(=O)[C@@H]1CCCNC1)C2C. The monoisotopic (exact) mass is 261 g/mol. The first kappa shape index (κ1) is 12.7. The molecule has 2 aliphatic heterocycles. The molecule has 1 unspecified atom stereocenters. The number of carbonyl (C=O) groups is 1. The second-order valence-corrected chi connectivity index (χ2v) is 5.80. The van der Waals surface area contributed by atoms with Crippen LogP contribution in [0.4, 0.5) is 0 Å². The fourth-order valence-corrected chi connectivity index (χ4v) is 3.42. The Morgan fingerprint density at radius 3 is 2.95 bits per heavy atom. The highest BCUT2D eigenvalue weighted by Crippen LogP contribution is 2.29. The van der Waals surface area contributed by atoms with Gasteiger partial charge in [0.15, 0.2) is 0 Å². The Bertz CT molecular complexity index is 474. The molecular formula is C15H23N3O. The van der Waals surface area contributed by atoms with Gasteiger partial charge in [-0.3, -0.25) is 4.79 Å². The van der Waals surface area contributed by atoms with E-state index >= 15 is 0 Å². The maximum atomic E-state index is 12.7. The predicted molar refractivity (Wildman–Crippen MR) is 74.9 cm³/mol. The standard InChI is InChI=1S/C15H23N3O/c1-11-5-6-14-12(2)18(9-8-17(11)14)15(19)13-4-3-7-16-10-13/h5-6,12-13,16H,3-4,7-10H2,1-2H3/t12?,13-/m1/s1. The van der Waals surface area contributed by atoms with Crippen LogP contribution >= 0.6 is 0 Å². The third-order valence-corrected chi connectivity index (χ3v) is 4.62. The summed E-state index contributed by atoms with van der Waals surface area (Å²) in [6.07, 6.45) is 2.16. The van der Waals surface area contributed by atoms with E-state index in [1.54, 1.807) is 0 Å². The molecule has 0 aliphatic carbocycles. The first-order valence-corrected chi connectivity index (χ1v) is 7.35. The largest absolute Gasteiger partial charge is 0.345 e. The van der Waals surface area contributed by atoms with E-state index in [2.05, 4.69) is 40.8 Å². The molecule has 104 valence electrons. The highest BCUT2D eigenvalue weighted by Gasteiger charge is 2.32. The minimum absolute atomic E-state index is 0.179. The molecule has 0 radical (unpaired) electrons. The number of nitrogens with one attached hydrogen (secondary N) is 1. The Kier molecular flexibility index (Phi) is 3.35. The van der Waals surface area contributed by atoms with Crippen molar-refractivity contribution in [1.29, 1.82) is 0 Å². The number of rotatable bonds is 1. The summed E-state index contributed by atoms with van der Waals surface area (Å²) in [5.41, 5.74) is 2.58. The second kappa shape index (κ2) is 5.00. The fraction of sp³-hybridized carbons (Fsp3) is 0.667. The van der Waals surface area contributed by atoms with Gasteiger partial charge in [0.25, 0.3) is 0 Å². The average molecular weight is 261 g/mol. The van der Waals surface area contributed by atoms with E-state index in [1.807, 2.05) is 0 Å². The molecule has 0 aromatic carbocycles. The van der Waals surface area contributed by atoms with Gasteiger partial charge in [-0.05, 0) is 45.4 Å². The van der Waals surface area contributed by atoms with Crippen molar-refractivity contribution in [2.75, 3.05) is 19.6 Å². The summed E-state index contributed by atoms with van der Waals surface area (Å²) in [4.78, 5) is 14.7. The van der Waals surface area contributed by atoms with Gasteiger partial charge in [-0.15, -0.1) is 0 Å². The maximum absolute atomic E-state index is 12.7. The Labute approximate surface area is 114 Å². The van der Waals surface area contributed by atoms with Crippen LogP contribution in [0, 0.1) is 12.8 Å². The number of hydrogen-bond acceptors (Lipinski definition) is 2. The molecule has 19 heavy (non-hydrogen) atoms. The van der Waals surface area contributed by atoms with Gasteiger partial charge in [0.05, 0.1) is 12.0 Å². The van der Waals surface area contributed by atoms with Gasteiger partial charge in [-0.2, -0.15) is 0 Å². The number of amides is 1. The molecule has 3 heterocycles. The summed E-state index contributed by atoms with van der Waals surface area (Å²) in [6, 6.07) is 4.53. The van der Waals surface area contributed by atoms with Crippen LogP contribution < -0.4 is 5.32 Å². The molecule has 2 aliphatic rings. The summed E-state index contributed by atoms with van der Waals surface area (Å²) in [6.45, 7) is 7.98. The zero-order chi connectivity index (χ0) is 13.4. The summed E-state index contributed by atoms with van der Waals surface area (Å²) in [7, 11) is 0. The van der Waals surface area contributed by atoms with Crippen molar-refractivity contribution in [2.45, 2.75) is 39.3 Å². The lowest BCUT2D eigenvalue weighted by atomic mass is 9.96. The molecule has 1 N–H and O–H groups in total. The molecule has 4 heteroatoms. The molecular weight excluding hydrogens is 238 g/mol. The minimum atomic E-state index is 0.179. The van der Waals surface area contributed by atoms with Crippen molar-refractivity contribution in [1.82, 2.24) is 14.8 Å². The van der Waals surface area contributed by atoms with Crippen LogP contribution in [0.2, 0.25) is 0 Å². The Balaban J connectivity index is 1.77. The van der Waals surface area contributed by atoms with Gasteiger partial charge >= 0.3 is 0 Å². The molecule has 1 amide bonds. The number of fused-ring (bicyclic) bond motifs is 1. The number of nitrogens with zero attached hydrogens (tertiary/aromatic N) is 2. The van der Waals surface area contributed by atoms with Crippen molar-refractivity contribution < 1.29 is 4.79 Å². The molecule has 0 saturated carbocycles. The summed E-state index contributed by atoms with van der Waals surface area (Å²) in [5, 5.41) is 3.34. The first-order chi connectivity index (χ1) is 9.18. The van der Waals surface area contributed by atoms with E-state index in [0.717, 1.165) is 39.0 Å². The van der Waals surface area contributed by atoms with E-state index in [9.17, 15) is 4.79 Å². The Morgan fingerprint density at radius 1 is 1.37 bits per heavy atom. The van der Waals surface area contributed by atoms with Crippen LogP contribution in [-0.2, 0) is 11.3 Å². The van der Waals surface area contributed by atoms with Crippen molar-refractivity contribution in [3.05, 3.63) is 23.5 Å². The quantitative estimate of drug-likeness (QED) is 0.835. The highest BCUT2D eigenvalue weighted by molar-refractivity contribution is 5.79. The number of aryl methyl sites for hydroxylation is 1. The first-order valence-electron chi connectivity index (χ1n) is 7.35. The van der Waals surface area contributed by atoms with Crippen molar-refractivity contribution in [3.8, 4) is 0 Å². The van der Waals surface area contributed by atoms with Crippen LogP contribution in [0.15, 0.2) is 12.1 Å². The lowest BCUT2D eigenvalue weighted by Gasteiger charge is -2.38. The lowest BCUT2D eigenvalue weighted by Crippen LogP contribution is -2.47. The van der Waals surface area contributed by atoms with E-state index < -0.39 is 0 Å². The molecule has 0 spiro atoms. The van der Waals surface area contributed by atoms with Gasteiger partial charge in [0.1, 0.15) is 0 Å². The molecule has 4 nitrogen and oxygen atoms in total. The van der Waals surface area contributed by atoms with Crippen molar-refractivity contribution >= 4 is 5.91 Å². The van der Waals surface area contributed by atoms with Gasteiger partial charge in [-0.25, -0.2) is 0 Å². The third kappa shape index (κ3) is 2.18. The third-order valence-electron chi connectivity index (χ3n) is 4.62. The topological polar surface area (TPSA) is 37.3 Å². The molecule has 2 atom stereocenters. The summed E-state index contributed by atoms with van der Waals surface area (Å²) < 4.78 is 2.34. The zero-order valence-corrected chi connectivity index (χ0v) is 11.9. The van der Waals surface area contributed by atoms with Gasteiger partial charge in [0, 0.05) is 31.0 Å². The molecule has 1 aromatic heterocycles. The van der Waals surface area contributed by atoms with Gasteiger partial charge in [-0.1, -0.05) is 0 Å². The van der Waals surface area contributed by atoms with E-state index in [4.69, 9.17) is 0 Å². The number of carbonyl (C=O) groups excluding carboxylic acids is 1. The van der Waals surface area contributed by atoms with Crippen LogP contribution in [-0.4, -0.2) is 35.0 Å². The van der Waals surface area contributed by atoms with Gasteiger partial charge < -0.3 is 14.8 Å². The summed E-state index contributed by atoms with van der Waals surface area (Å²) >= 11 is 0. The fourth-order valence-electron chi connectivity index (χ4n) is 3.42. The number of hydrogen-bond donors (Lipinski definition) is 1. The Morgan fingerprint density at radius 2 is 2.21 bits per heavy atom. The molecule has 1 aromatic rings. The minimum Gasteiger partial charge on any atom is -0.345 e. The maximum Gasteiger partial charge on any atom is 0.227 e. The van der Waals surface area contributed by atoms with E-state index in [1.165, 1.54) is 11.4 Å². The number of piperidine rings is 1. The average Bonchev–Trinajstić information content (AvgIpc) is 2.82. The van der Waals surface area contributed by atoms with E-state index in [0.29, 0.717) is 5.91 Å². The molecule has 1 fully saturated rings. The lowest BCUT2D eigenvalue weighted by molar-refractivity contribution is -0.139. The van der Waals surface area contributed by atoms with E-state index in [-0.39, 0.29) is 12.0 Å². The second-order valence-electron chi connectivity index (χ2n) is 5.80. The van der Waals surface area contributed by atoms with Crippen molar-refractivity contribution in [3.63, 3.8) is 0 Å². The zero-order valence-electron chi connectivity index (χ0n) is 11.9. The molecule has 1 saturated heterocycles. The summed E-state index contributed by atoms with van der Waals surface area (Å²) in [5.74, 6) is 0.517. The highest BCUT2D eigenvalue weighted by atomic mass is 16.2. The smallest absolute Gasteiger partial charge is 0.227 e. The van der Waals surface area contributed by atoms with Crippen LogP contribution in [0.1, 0.15) is 37.2 Å². The normalized spacial score (nSPS) is 27.2. The van der Waals surface area contributed by atoms with Crippen LogP contribution in [0.5, 0.6) is 0 Å². The van der Waals surface area contributed by atoms with Crippen molar-refractivity contribution in [2.24, 2.45) is 5.92 Å². The Hall–Kier alpha value is -1.29. The molecule has 3 rings (SSSR count). The van der Waals surface area contributed by atoms with Gasteiger partial charge in [0.2, 0.25) is 5.91 Å². The van der Waals surface area contributed by atoms with Crippen LogP contribution in [0.3, 0.4) is 0 Å². The molecule has 0 bridgehead atoms. The predicted octanol–water partition coefficient (Wildman–Crippen LogP) is 1.70.